The summed E-state index contributed by atoms with van der Waals surface area (Å²) in [6.07, 6.45) is 2.49. The predicted molar refractivity (Wildman–Crippen MR) is 91.9 cm³/mol. The van der Waals surface area contributed by atoms with Crippen LogP contribution in [0.15, 0.2) is 47.0 Å². The zero-order valence-corrected chi connectivity index (χ0v) is 14.2. The molecular weight excluding hydrogens is 320 g/mol. The quantitative estimate of drug-likeness (QED) is 0.714. The molecule has 0 spiro atoms. The Morgan fingerprint density at radius 1 is 1.28 bits per heavy atom. The number of benzene rings is 1. The van der Waals surface area contributed by atoms with E-state index in [4.69, 9.17) is 9.15 Å². The first-order valence-electron chi connectivity index (χ1n) is 8.07. The average molecular weight is 340 g/mol. The molecule has 3 aromatic rings. The predicted octanol–water partition coefficient (Wildman–Crippen LogP) is 2.43. The molecule has 0 radical (unpaired) electrons. The van der Waals surface area contributed by atoms with Crippen LogP contribution in [-0.4, -0.2) is 27.8 Å². The maximum Gasteiger partial charge on any atom is 0.264 e. The number of nitrogens with zero attached hydrogens (tertiary/aromatic N) is 3. The van der Waals surface area contributed by atoms with Crippen molar-refractivity contribution in [2.45, 2.75) is 26.4 Å². The molecule has 0 fully saturated rings. The summed E-state index contributed by atoms with van der Waals surface area (Å²) in [4.78, 5) is 12.3. The number of rotatable bonds is 7. The van der Waals surface area contributed by atoms with Crippen LogP contribution in [0.1, 0.15) is 18.4 Å². The third-order valence-corrected chi connectivity index (χ3v) is 3.76. The number of carbonyl (C=O) groups is 1. The van der Waals surface area contributed by atoms with Gasteiger partial charge in [-0.05, 0) is 29.8 Å². The topological polar surface area (TPSA) is 82.2 Å². The van der Waals surface area contributed by atoms with Gasteiger partial charge in [0.15, 0.2) is 0 Å². The van der Waals surface area contributed by atoms with Gasteiger partial charge in [0.25, 0.3) is 5.89 Å². The van der Waals surface area contributed by atoms with Crippen LogP contribution in [0.4, 0.5) is 0 Å². The number of aryl methyl sites for hydroxylation is 1. The highest BCUT2D eigenvalue weighted by atomic mass is 16.5. The van der Waals surface area contributed by atoms with Gasteiger partial charge < -0.3 is 19.0 Å². The standard InChI is InChI=1S/C18H20N4O3/c1-3-17-20-21-18(25-17)15-8-5-9-22(15)12-16(23)19-11-13-6-4-7-14(10-13)24-2/h4-10H,3,11-12H2,1-2H3,(H,19,23). The summed E-state index contributed by atoms with van der Waals surface area (Å²) >= 11 is 0. The number of nitrogens with one attached hydrogen (secondary N) is 1. The van der Waals surface area contributed by atoms with Crippen molar-refractivity contribution < 1.29 is 13.9 Å². The second-order valence-electron chi connectivity index (χ2n) is 5.50. The van der Waals surface area contributed by atoms with Gasteiger partial charge in [0.2, 0.25) is 11.8 Å². The molecule has 0 bridgehead atoms. The Hall–Kier alpha value is -3.09. The molecule has 0 saturated carbocycles. The molecule has 0 atom stereocenters. The maximum absolute atomic E-state index is 12.3. The van der Waals surface area contributed by atoms with Gasteiger partial charge in [0, 0.05) is 19.2 Å². The maximum atomic E-state index is 12.3. The van der Waals surface area contributed by atoms with Gasteiger partial charge in [0.1, 0.15) is 18.0 Å². The first-order chi connectivity index (χ1) is 12.2. The number of amides is 1. The van der Waals surface area contributed by atoms with E-state index < -0.39 is 0 Å². The second-order valence-corrected chi connectivity index (χ2v) is 5.50. The van der Waals surface area contributed by atoms with Crippen LogP contribution in [0.3, 0.4) is 0 Å². The summed E-state index contributed by atoms with van der Waals surface area (Å²) in [5.74, 6) is 1.66. The summed E-state index contributed by atoms with van der Waals surface area (Å²) in [6, 6.07) is 11.3. The molecule has 1 N–H and O–H groups in total. The van der Waals surface area contributed by atoms with Gasteiger partial charge in [-0.1, -0.05) is 19.1 Å². The van der Waals surface area contributed by atoms with E-state index in [-0.39, 0.29) is 12.5 Å². The molecular formula is C18H20N4O3. The molecule has 1 aromatic carbocycles. The van der Waals surface area contributed by atoms with Crippen molar-refractivity contribution in [2.24, 2.45) is 0 Å². The number of hydrogen-bond acceptors (Lipinski definition) is 5. The highest BCUT2D eigenvalue weighted by Crippen LogP contribution is 2.19. The van der Waals surface area contributed by atoms with E-state index in [1.54, 1.807) is 11.7 Å². The number of carbonyl (C=O) groups excluding carboxylic acids is 1. The number of hydrogen-bond donors (Lipinski definition) is 1. The lowest BCUT2D eigenvalue weighted by Gasteiger charge is -2.09. The number of aromatic nitrogens is 3. The molecule has 130 valence electrons. The second kappa shape index (κ2) is 7.65. The lowest BCUT2D eigenvalue weighted by molar-refractivity contribution is -0.121. The van der Waals surface area contributed by atoms with Crippen LogP contribution in [0, 0.1) is 0 Å². The van der Waals surface area contributed by atoms with E-state index in [0.717, 1.165) is 17.0 Å². The molecule has 3 rings (SSSR count). The molecule has 0 aliphatic heterocycles. The summed E-state index contributed by atoms with van der Waals surface area (Å²) in [5.41, 5.74) is 1.70. The van der Waals surface area contributed by atoms with Crippen molar-refractivity contribution in [3.05, 3.63) is 54.0 Å². The fourth-order valence-electron chi connectivity index (χ4n) is 2.44. The summed E-state index contributed by atoms with van der Waals surface area (Å²) in [7, 11) is 1.62. The van der Waals surface area contributed by atoms with Gasteiger partial charge in [-0.3, -0.25) is 4.79 Å². The van der Waals surface area contributed by atoms with Gasteiger partial charge in [0.05, 0.1) is 7.11 Å². The molecule has 2 aromatic heterocycles. The van der Waals surface area contributed by atoms with Crippen molar-refractivity contribution in [3.8, 4) is 17.3 Å². The first-order valence-corrected chi connectivity index (χ1v) is 8.07. The third kappa shape index (κ3) is 4.06. The Balaban J connectivity index is 1.62. The van der Waals surface area contributed by atoms with Crippen molar-refractivity contribution >= 4 is 5.91 Å². The van der Waals surface area contributed by atoms with Crippen LogP contribution < -0.4 is 10.1 Å². The van der Waals surface area contributed by atoms with Gasteiger partial charge >= 0.3 is 0 Å². The van der Waals surface area contributed by atoms with Crippen LogP contribution in [0.2, 0.25) is 0 Å². The largest absolute Gasteiger partial charge is 0.497 e. The number of methoxy groups -OCH3 is 1. The molecule has 0 aliphatic carbocycles. The van der Waals surface area contributed by atoms with Crippen LogP contribution >= 0.6 is 0 Å². The molecule has 0 aliphatic rings. The van der Waals surface area contributed by atoms with Gasteiger partial charge in [-0.15, -0.1) is 10.2 Å². The highest BCUT2D eigenvalue weighted by molar-refractivity contribution is 5.76. The van der Waals surface area contributed by atoms with Gasteiger partial charge in [-0.2, -0.15) is 0 Å². The van der Waals surface area contributed by atoms with E-state index in [1.165, 1.54) is 0 Å². The monoisotopic (exact) mass is 340 g/mol. The minimum absolute atomic E-state index is 0.101. The first kappa shape index (κ1) is 16.8. The summed E-state index contributed by atoms with van der Waals surface area (Å²) in [6.45, 7) is 2.56. The normalized spacial score (nSPS) is 10.6. The Morgan fingerprint density at radius 3 is 2.92 bits per heavy atom. The zero-order chi connectivity index (χ0) is 17.6. The van der Waals surface area contributed by atoms with E-state index >= 15 is 0 Å². The fourth-order valence-corrected chi connectivity index (χ4v) is 2.44. The Labute approximate surface area is 145 Å². The van der Waals surface area contributed by atoms with Crippen LogP contribution in [0.25, 0.3) is 11.6 Å². The minimum atomic E-state index is -0.101. The van der Waals surface area contributed by atoms with Crippen molar-refractivity contribution in [1.29, 1.82) is 0 Å². The van der Waals surface area contributed by atoms with Crippen molar-refractivity contribution in [1.82, 2.24) is 20.1 Å². The molecule has 1 amide bonds. The summed E-state index contributed by atoms with van der Waals surface area (Å²) in [5, 5.41) is 10.9. The van der Waals surface area contributed by atoms with E-state index in [0.29, 0.717) is 24.7 Å². The number of ether oxygens (including phenoxy) is 1. The lowest BCUT2D eigenvalue weighted by Crippen LogP contribution is -2.27. The zero-order valence-electron chi connectivity index (χ0n) is 14.2. The highest BCUT2D eigenvalue weighted by Gasteiger charge is 2.13. The van der Waals surface area contributed by atoms with Gasteiger partial charge in [-0.25, -0.2) is 0 Å². The van der Waals surface area contributed by atoms with E-state index in [9.17, 15) is 4.79 Å². The third-order valence-electron chi connectivity index (χ3n) is 3.76. The molecule has 7 heteroatoms. The molecule has 25 heavy (non-hydrogen) atoms. The van der Waals surface area contributed by atoms with E-state index in [2.05, 4.69) is 15.5 Å². The lowest BCUT2D eigenvalue weighted by atomic mass is 10.2. The Kier molecular flexibility index (Phi) is 5.13. The molecule has 2 heterocycles. The molecule has 0 saturated heterocycles. The Bertz CT molecular complexity index is 853. The SMILES string of the molecule is CCc1nnc(-c2cccn2CC(=O)NCc2cccc(OC)c2)o1. The summed E-state index contributed by atoms with van der Waals surface area (Å²) < 4.78 is 12.5. The Morgan fingerprint density at radius 2 is 2.16 bits per heavy atom. The van der Waals surface area contributed by atoms with Crippen molar-refractivity contribution in [3.63, 3.8) is 0 Å². The average Bonchev–Trinajstić information content (AvgIpc) is 3.29. The van der Waals surface area contributed by atoms with E-state index in [1.807, 2.05) is 49.5 Å². The van der Waals surface area contributed by atoms with Crippen LogP contribution in [0.5, 0.6) is 5.75 Å². The molecule has 0 unspecified atom stereocenters. The minimum Gasteiger partial charge on any atom is -0.497 e. The fraction of sp³-hybridized carbons (Fsp3) is 0.278. The van der Waals surface area contributed by atoms with Crippen molar-refractivity contribution in [2.75, 3.05) is 7.11 Å². The molecule has 7 nitrogen and oxygen atoms in total. The smallest absolute Gasteiger partial charge is 0.264 e. The van der Waals surface area contributed by atoms with Crippen LogP contribution in [-0.2, 0) is 24.3 Å².